The molecule has 0 fully saturated rings. The first-order valence-corrected chi connectivity index (χ1v) is 7.50. The maximum Gasteiger partial charge on any atom is 0.343 e. The lowest BCUT2D eigenvalue weighted by Crippen LogP contribution is -2.09. The Morgan fingerprint density at radius 3 is 2.61 bits per heavy atom. The number of carbonyl (C=O) groups is 1. The second kappa shape index (κ2) is 6.26. The Bertz CT molecular complexity index is 929. The van der Waals surface area contributed by atoms with E-state index in [9.17, 15) is 9.59 Å². The summed E-state index contributed by atoms with van der Waals surface area (Å²) in [6.07, 6.45) is 0.668. The van der Waals surface area contributed by atoms with Crippen LogP contribution in [0.15, 0.2) is 57.7 Å². The van der Waals surface area contributed by atoms with Crippen molar-refractivity contribution in [3.05, 3.63) is 75.1 Å². The van der Waals surface area contributed by atoms with Gasteiger partial charge in [-0.1, -0.05) is 36.7 Å². The molecule has 4 nitrogen and oxygen atoms in total. The molecule has 116 valence electrons. The molecule has 0 aliphatic heterocycles. The Morgan fingerprint density at radius 2 is 1.91 bits per heavy atom. The molecule has 1 heterocycles. The zero-order valence-corrected chi connectivity index (χ0v) is 13.1. The summed E-state index contributed by atoms with van der Waals surface area (Å²) in [6, 6.07) is 13.1. The standard InChI is InChI=1S/C18H13ClO4/c1-2-11-8-17(20)22-15-10-16(14(19)9-13(11)15)23-18(21)12-6-4-3-5-7-12/h3-10H,2H2,1H3. The third kappa shape index (κ3) is 3.12. The van der Waals surface area contributed by atoms with Crippen LogP contribution in [0.25, 0.3) is 11.0 Å². The van der Waals surface area contributed by atoms with Crippen molar-refractivity contribution in [1.29, 1.82) is 0 Å². The third-order valence-electron chi connectivity index (χ3n) is 3.48. The number of aryl methyl sites for hydroxylation is 1. The van der Waals surface area contributed by atoms with E-state index in [2.05, 4.69) is 0 Å². The van der Waals surface area contributed by atoms with E-state index < -0.39 is 11.6 Å². The van der Waals surface area contributed by atoms with Crippen molar-refractivity contribution in [3.63, 3.8) is 0 Å². The van der Waals surface area contributed by atoms with Crippen LogP contribution in [0.3, 0.4) is 0 Å². The SMILES string of the molecule is CCc1cc(=O)oc2cc(OC(=O)c3ccccc3)c(Cl)cc12. The normalized spacial score (nSPS) is 10.7. The topological polar surface area (TPSA) is 56.5 Å². The van der Waals surface area contributed by atoms with Crippen LogP contribution >= 0.6 is 11.6 Å². The molecule has 3 aromatic rings. The fourth-order valence-corrected chi connectivity index (χ4v) is 2.53. The highest BCUT2D eigenvalue weighted by atomic mass is 35.5. The number of esters is 1. The van der Waals surface area contributed by atoms with Gasteiger partial charge in [0.05, 0.1) is 10.6 Å². The fraction of sp³-hybridized carbons (Fsp3) is 0.111. The van der Waals surface area contributed by atoms with Crippen molar-refractivity contribution in [3.8, 4) is 5.75 Å². The van der Waals surface area contributed by atoms with Gasteiger partial charge in [-0.05, 0) is 30.2 Å². The molecule has 0 aliphatic carbocycles. The Labute approximate surface area is 137 Å². The Hall–Kier alpha value is -2.59. The van der Waals surface area contributed by atoms with Crippen LogP contribution in [0.4, 0.5) is 0 Å². The van der Waals surface area contributed by atoms with Gasteiger partial charge in [0.15, 0.2) is 5.75 Å². The lowest BCUT2D eigenvalue weighted by Gasteiger charge is -2.09. The lowest BCUT2D eigenvalue weighted by molar-refractivity contribution is 0.0735. The predicted molar refractivity (Wildman–Crippen MR) is 88.3 cm³/mol. The van der Waals surface area contributed by atoms with Gasteiger partial charge in [0.2, 0.25) is 0 Å². The molecule has 0 aliphatic rings. The first kappa shape index (κ1) is 15.3. The molecule has 0 spiro atoms. The van der Waals surface area contributed by atoms with Crippen LogP contribution in [0.1, 0.15) is 22.8 Å². The van der Waals surface area contributed by atoms with Crippen LogP contribution in [0.5, 0.6) is 5.75 Å². The number of halogens is 1. The van der Waals surface area contributed by atoms with Crippen molar-refractivity contribution >= 4 is 28.5 Å². The van der Waals surface area contributed by atoms with Crippen molar-refractivity contribution in [2.24, 2.45) is 0 Å². The van der Waals surface area contributed by atoms with Crippen LogP contribution in [-0.2, 0) is 6.42 Å². The molecule has 0 unspecified atom stereocenters. The van der Waals surface area contributed by atoms with Gasteiger partial charge < -0.3 is 9.15 Å². The highest BCUT2D eigenvalue weighted by Gasteiger charge is 2.14. The zero-order chi connectivity index (χ0) is 16.4. The maximum atomic E-state index is 12.1. The first-order chi connectivity index (χ1) is 11.1. The Balaban J connectivity index is 2.03. The molecule has 2 aromatic carbocycles. The average Bonchev–Trinajstić information content (AvgIpc) is 2.56. The number of carbonyl (C=O) groups excluding carboxylic acids is 1. The molecule has 0 bridgehead atoms. The minimum Gasteiger partial charge on any atom is -0.423 e. The molecule has 1 aromatic heterocycles. The summed E-state index contributed by atoms with van der Waals surface area (Å²) in [5.74, 6) is -0.370. The van der Waals surface area contributed by atoms with Crippen LogP contribution in [-0.4, -0.2) is 5.97 Å². The number of hydrogen-bond acceptors (Lipinski definition) is 4. The molecule has 0 radical (unpaired) electrons. The Kier molecular flexibility index (Phi) is 4.17. The van der Waals surface area contributed by atoms with Gasteiger partial charge in [-0.15, -0.1) is 0 Å². The van der Waals surface area contributed by atoms with E-state index in [1.54, 1.807) is 36.4 Å². The van der Waals surface area contributed by atoms with Crippen molar-refractivity contribution in [2.45, 2.75) is 13.3 Å². The minimum atomic E-state index is -0.527. The first-order valence-electron chi connectivity index (χ1n) is 7.12. The molecular formula is C18H13ClO4. The van der Waals surface area contributed by atoms with Crippen molar-refractivity contribution in [2.75, 3.05) is 0 Å². The van der Waals surface area contributed by atoms with Crippen LogP contribution < -0.4 is 10.4 Å². The van der Waals surface area contributed by atoms with Crippen molar-refractivity contribution < 1.29 is 13.9 Å². The summed E-state index contributed by atoms with van der Waals surface area (Å²) >= 11 is 6.21. The largest absolute Gasteiger partial charge is 0.423 e. The second-order valence-electron chi connectivity index (χ2n) is 4.98. The van der Waals surface area contributed by atoms with Crippen molar-refractivity contribution in [1.82, 2.24) is 0 Å². The summed E-state index contributed by atoms with van der Waals surface area (Å²) in [4.78, 5) is 23.7. The summed E-state index contributed by atoms with van der Waals surface area (Å²) in [5.41, 5.74) is 1.14. The molecule has 0 atom stereocenters. The van der Waals surface area contributed by atoms with Gasteiger partial charge in [-0.2, -0.15) is 0 Å². The quantitative estimate of drug-likeness (QED) is 0.410. The molecule has 5 heteroatoms. The molecule has 0 saturated carbocycles. The molecule has 0 saturated heterocycles. The smallest absolute Gasteiger partial charge is 0.343 e. The monoisotopic (exact) mass is 328 g/mol. The Morgan fingerprint density at radius 1 is 1.17 bits per heavy atom. The van der Waals surface area contributed by atoms with Gasteiger partial charge in [-0.25, -0.2) is 9.59 Å². The zero-order valence-electron chi connectivity index (χ0n) is 12.3. The fourth-order valence-electron chi connectivity index (χ4n) is 2.33. The van der Waals surface area contributed by atoms with E-state index >= 15 is 0 Å². The molecule has 0 N–H and O–H groups in total. The number of hydrogen-bond donors (Lipinski definition) is 0. The number of fused-ring (bicyclic) bond motifs is 1. The summed E-state index contributed by atoms with van der Waals surface area (Å²) in [5, 5.41) is 1.02. The van der Waals surface area contributed by atoms with Crippen LogP contribution in [0, 0.1) is 0 Å². The third-order valence-corrected chi connectivity index (χ3v) is 3.77. The van der Waals surface area contributed by atoms with E-state index in [0.29, 0.717) is 17.6 Å². The molecular weight excluding hydrogens is 316 g/mol. The highest BCUT2D eigenvalue weighted by molar-refractivity contribution is 6.33. The summed E-state index contributed by atoms with van der Waals surface area (Å²) in [7, 11) is 0. The van der Waals surface area contributed by atoms with Gasteiger partial charge >= 0.3 is 11.6 Å². The van der Waals surface area contributed by atoms with E-state index in [4.69, 9.17) is 20.8 Å². The second-order valence-corrected chi connectivity index (χ2v) is 5.39. The van der Waals surface area contributed by atoms with Gasteiger partial charge in [0.25, 0.3) is 0 Å². The average molecular weight is 329 g/mol. The van der Waals surface area contributed by atoms with Gasteiger partial charge in [-0.3, -0.25) is 0 Å². The highest BCUT2D eigenvalue weighted by Crippen LogP contribution is 2.31. The van der Waals surface area contributed by atoms with E-state index in [0.717, 1.165) is 10.9 Å². The predicted octanol–water partition coefficient (Wildman–Crippen LogP) is 4.23. The van der Waals surface area contributed by atoms with E-state index in [1.165, 1.54) is 12.1 Å². The number of benzene rings is 2. The number of rotatable bonds is 3. The van der Waals surface area contributed by atoms with Gasteiger partial charge in [0, 0.05) is 17.5 Å². The molecule has 0 amide bonds. The molecule has 23 heavy (non-hydrogen) atoms. The number of ether oxygens (including phenoxy) is 1. The maximum absolute atomic E-state index is 12.1. The van der Waals surface area contributed by atoms with E-state index in [1.807, 2.05) is 6.92 Å². The minimum absolute atomic E-state index is 0.157. The molecule has 3 rings (SSSR count). The van der Waals surface area contributed by atoms with Crippen LogP contribution in [0.2, 0.25) is 5.02 Å². The summed E-state index contributed by atoms with van der Waals surface area (Å²) in [6.45, 7) is 1.94. The lowest BCUT2D eigenvalue weighted by atomic mass is 10.1. The van der Waals surface area contributed by atoms with Gasteiger partial charge in [0.1, 0.15) is 5.58 Å². The van der Waals surface area contributed by atoms with E-state index in [-0.39, 0.29) is 10.8 Å². The summed E-state index contributed by atoms with van der Waals surface area (Å²) < 4.78 is 10.5.